The summed E-state index contributed by atoms with van der Waals surface area (Å²) in [4.78, 5) is 0. The third-order valence-corrected chi connectivity index (χ3v) is 4.06. The highest BCUT2D eigenvalue weighted by Gasteiger charge is 2.44. The predicted octanol–water partition coefficient (Wildman–Crippen LogP) is 4.07. The van der Waals surface area contributed by atoms with E-state index in [0.29, 0.717) is 0 Å². The highest BCUT2D eigenvalue weighted by atomic mass is 16.8. The van der Waals surface area contributed by atoms with Gasteiger partial charge in [0.2, 0.25) is 0 Å². The van der Waals surface area contributed by atoms with Gasteiger partial charge in [-0.05, 0) is 52.5 Å². The number of hydrogen-bond donors (Lipinski definition) is 0. The van der Waals surface area contributed by atoms with E-state index < -0.39 is 0 Å². The van der Waals surface area contributed by atoms with E-state index >= 15 is 0 Å². The van der Waals surface area contributed by atoms with Crippen LogP contribution in [0.1, 0.15) is 60.8 Å². The lowest BCUT2D eigenvalue weighted by Crippen LogP contribution is -2.33. The Morgan fingerprint density at radius 3 is 2.26 bits per heavy atom. The van der Waals surface area contributed by atoms with E-state index in [1.54, 1.807) is 0 Å². The Balaban J connectivity index is 2.37. The molecule has 0 aliphatic carbocycles. The molecule has 1 saturated heterocycles. The zero-order valence-corrected chi connectivity index (χ0v) is 13.4. The lowest BCUT2D eigenvalue weighted by atomic mass is 9.99. The molecular weight excluding hydrogens is 240 g/mol. The molecule has 0 spiro atoms. The highest BCUT2D eigenvalue weighted by Crippen LogP contribution is 2.35. The molecule has 0 aromatic heterocycles. The molecule has 0 saturated carbocycles. The third kappa shape index (κ3) is 5.25. The Bertz CT molecular complexity index is 311. The number of hydrogen-bond acceptors (Lipinski definition) is 3. The van der Waals surface area contributed by atoms with E-state index in [2.05, 4.69) is 41.2 Å². The van der Waals surface area contributed by atoms with Crippen molar-refractivity contribution in [3.05, 3.63) is 12.2 Å². The van der Waals surface area contributed by atoms with E-state index in [4.69, 9.17) is 14.2 Å². The second kappa shape index (κ2) is 6.38. The van der Waals surface area contributed by atoms with Crippen molar-refractivity contribution < 1.29 is 14.2 Å². The number of epoxide rings is 1. The van der Waals surface area contributed by atoms with Crippen molar-refractivity contribution in [2.24, 2.45) is 0 Å². The molecule has 0 aromatic carbocycles. The van der Waals surface area contributed by atoms with Gasteiger partial charge < -0.3 is 14.2 Å². The first-order valence-electron chi connectivity index (χ1n) is 7.35. The molecule has 3 atom stereocenters. The summed E-state index contributed by atoms with van der Waals surface area (Å²) in [5.41, 5.74) is 0.802. The van der Waals surface area contributed by atoms with E-state index in [9.17, 15) is 0 Å². The average molecular weight is 270 g/mol. The first-order chi connectivity index (χ1) is 8.73. The largest absolute Gasteiger partial charge is 0.375 e. The van der Waals surface area contributed by atoms with Gasteiger partial charge in [-0.25, -0.2) is 0 Å². The minimum atomic E-state index is -0.182. The van der Waals surface area contributed by atoms with Crippen LogP contribution in [0.2, 0.25) is 0 Å². The van der Waals surface area contributed by atoms with Crippen molar-refractivity contribution in [3.63, 3.8) is 0 Å². The summed E-state index contributed by atoms with van der Waals surface area (Å²) in [6.07, 6.45) is 2.82. The maximum Gasteiger partial charge on any atom is 0.189 e. The van der Waals surface area contributed by atoms with Gasteiger partial charge in [0.1, 0.15) is 6.10 Å². The van der Waals surface area contributed by atoms with Crippen LogP contribution in [-0.4, -0.2) is 30.2 Å². The van der Waals surface area contributed by atoms with Crippen molar-refractivity contribution in [2.45, 2.75) is 84.4 Å². The van der Waals surface area contributed by atoms with Crippen LogP contribution in [0.4, 0.5) is 0 Å². The smallest absolute Gasteiger partial charge is 0.189 e. The average Bonchev–Trinajstić information content (AvgIpc) is 3.08. The summed E-state index contributed by atoms with van der Waals surface area (Å²) in [6.45, 7) is 17.3. The standard InChI is InChI=1S/C16H30O3/c1-8-15(5,6)17-11-10-16(7,9-2)19-14-13(18-14)12(3)4/h13-14H,3,8-11H2,1-2,4-7H3. The van der Waals surface area contributed by atoms with Gasteiger partial charge in [0.15, 0.2) is 6.29 Å². The number of rotatable bonds is 9. The second-order valence-corrected chi connectivity index (χ2v) is 6.40. The summed E-state index contributed by atoms with van der Waals surface area (Å²) >= 11 is 0. The van der Waals surface area contributed by atoms with Gasteiger partial charge in [0, 0.05) is 0 Å². The maximum atomic E-state index is 6.06. The van der Waals surface area contributed by atoms with Gasteiger partial charge in [-0.3, -0.25) is 0 Å². The molecule has 3 unspecified atom stereocenters. The fourth-order valence-corrected chi connectivity index (χ4v) is 1.78. The van der Waals surface area contributed by atoms with Gasteiger partial charge >= 0.3 is 0 Å². The molecule has 112 valence electrons. The van der Waals surface area contributed by atoms with E-state index in [0.717, 1.165) is 31.4 Å². The molecule has 1 fully saturated rings. The minimum absolute atomic E-state index is 0.0506. The highest BCUT2D eigenvalue weighted by molar-refractivity contribution is 5.07. The summed E-state index contributed by atoms with van der Waals surface area (Å²) in [6, 6.07) is 0. The topological polar surface area (TPSA) is 31.0 Å². The lowest BCUT2D eigenvalue weighted by Gasteiger charge is -2.30. The Morgan fingerprint density at radius 2 is 1.84 bits per heavy atom. The Kier molecular flexibility index (Phi) is 5.60. The van der Waals surface area contributed by atoms with Crippen LogP contribution in [0, 0.1) is 0 Å². The molecule has 1 rings (SSSR count). The fraction of sp³-hybridized carbons (Fsp3) is 0.875. The van der Waals surface area contributed by atoms with Gasteiger partial charge in [-0.1, -0.05) is 20.4 Å². The zero-order valence-electron chi connectivity index (χ0n) is 13.4. The van der Waals surface area contributed by atoms with Gasteiger partial charge in [0.05, 0.1) is 17.8 Å². The van der Waals surface area contributed by atoms with Crippen LogP contribution in [0.25, 0.3) is 0 Å². The zero-order chi connectivity index (χ0) is 14.7. The fourth-order valence-electron chi connectivity index (χ4n) is 1.78. The molecule has 0 bridgehead atoms. The Morgan fingerprint density at radius 1 is 1.21 bits per heavy atom. The van der Waals surface area contributed by atoms with Gasteiger partial charge in [-0.2, -0.15) is 0 Å². The van der Waals surface area contributed by atoms with Crippen LogP contribution < -0.4 is 0 Å². The van der Waals surface area contributed by atoms with Crippen molar-refractivity contribution in [2.75, 3.05) is 6.61 Å². The monoisotopic (exact) mass is 270 g/mol. The molecule has 3 nitrogen and oxygen atoms in total. The summed E-state index contributed by atoms with van der Waals surface area (Å²) < 4.78 is 17.5. The Labute approximate surface area is 118 Å². The van der Waals surface area contributed by atoms with Crippen LogP contribution >= 0.6 is 0 Å². The van der Waals surface area contributed by atoms with E-state index in [1.165, 1.54) is 0 Å². The SMILES string of the molecule is C=C(C)C1OC1OC(C)(CC)CCOC(C)(C)CC. The van der Waals surface area contributed by atoms with Crippen LogP contribution in [0.3, 0.4) is 0 Å². The molecule has 1 aliphatic rings. The Hall–Kier alpha value is -0.380. The molecule has 1 aliphatic heterocycles. The van der Waals surface area contributed by atoms with Crippen molar-refractivity contribution in [1.82, 2.24) is 0 Å². The lowest BCUT2D eigenvalue weighted by molar-refractivity contribution is -0.110. The molecule has 0 N–H and O–H groups in total. The van der Waals surface area contributed by atoms with Crippen LogP contribution in [0.15, 0.2) is 12.2 Å². The quantitative estimate of drug-likeness (QED) is 0.467. The molecule has 1 heterocycles. The molecule has 19 heavy (non-hydrogen) atoms. The van der Waals surface area contributed by atoms with Crippen LogP contribution in [-0.2, 0) is 14.2 Å². The van der Waals surface area contributed by atoms with Crippen molar-refractivity contribution >= 4 is 0 Å². The summed E-state index contributed by atoms with van der Waals surface area (Å²) in [5.74, 6) is 0. The summed E-state index contributed by atoms with van der Waals surface area (Å²) in [7, 11) is 0. The van der Waals surface area contributed by atoms with E-state index in [1.807, 2.05) is 6.92 Å². The van der Waals surface area contributed by atoms with Crippen molar-refractivity contribution in [3.8, 4) is 0 Å². The molecule has 0 radical (unpaired) electrons. The van der Waals surface area contributed by atoms with Gasteiger partial charge in [0.25, 0.3) is 0 Å². The minimum Gasteiger partial charge on any atom is -0.375 e. The van der Waals surface area contributed by atoms with Crippen LogP contribution in [0.5, 0.6) is 0 Å². The predicted molar refractivity (Wildman–Crippen MR) is 78.2 cm³/mol. The normalized spacial score (nSPS) is 26.0. The third-order valence-electron chi connectivity index (χ3n) is 4.06. The molecule has 0 amide bonds. The second-order valence-electron chi connectivity index (χ2n) is 6.40. The maximum absolute atomic E-state index is 6.06. The molecular formula is C16H30O3. The van der Waals surface area contributed by atoms with E-state index in [-0.39, 0.29) is 23.6 Å². The summed E-state index contributed by atoms with van der Waals surface area (Å²) in [5, 5.41) is 0. The number of ether oxygens (including phenoxy) is 3. The first kappa shape index (κ1) is 16.7. The molecule has 0 aromatic rings. The van der Waals surface area contributed by atoms with Crippen molar-refractivity contribution in [1.29, 1.82) is 0 Å². The molecule has 3 heteroatoms. The van der Waals surface area contributed by atoms with Gasteiger partial charge in [-0.15, -0.1) is 0 Å². The first-order valence-corrected chi connectivity index (χ1v) is 7.35.